The number of carbonyl (C=O) groups is 3. The molecule has 35 heavy (non-hydrogen) atoms. The molecule has 188 valence electrons. The predicted octanol–water partition coefficient (Wildman–Crippen LogP) is 5.93. The summed E-state index contributed by atoms with van der Waals surface area (Å²) in [5.41, 5.74) is -3.44. The third-order valence-electron chi connectivity index (χ3n) is 4.26. The molecule has 0 aliphatic rings. The van der Waals surface area contributed by atoms with Crippen molar-refractivity contribution < 1.29 is 50.2 Å². The largest absolute Gasteiger partial charge is 0.448 e. The molecule has 0 saturated carbocycles. The maximum absolute atomic E-state index is 13.1. The van der Waals surface area contributed by atoms with Gasteiger partial charge in [0.2, 0.25) is 5.78 Å². The van der Waals surface area contributed by atoms with Crippen LogP contribution in [-0.4, -0.2) is 41.9 Å². The van der Waals surface area contributed by atoms with Gasteiger partial charge in [0.25, 0.3) is 0 Å². The van der Waals surface area contributed by atoms with Crippen LogP contribution in [0.15, 0.2) is 53.6 Å². The normalized spacial score (nSPS) is 12.2. The number of hydrogen-bond donors (Lipinski definition) is 0. The van der Waals surface area contributed by atoms with Gasteiger partial charge in [-0.1, -0.05) is 29.3 Å². The van der Waals surface area contributed by atoms with E-state index in [0.717, 1.165) is 24.3 Å². The number of nitrogens with zero attached hydrogens (tertiary/aromatic N) is 2. The fourth-order valence-corrected chi connectivity index (χ4v) is 2.62. The number of carbonyl (C=O) groups excluding carboxylic acids is 3. The van der Waals surface area contributed by atoms with Crippen LogP contribution in [0.25, 0.3) is 0 Å². The first-order valence-corrected chi connectivity index (χ1v) is 9.91. The van der Waals surface area contributed by atoms with Crippen LogP contribution in [0, 0.1) is 0 Å². The van der Waals surface area contributed by atoms with Crippen molar-refractivity contribution in [2.45, 2.75) is 26.2 Å². The molecule has 0 spiro atoms. The molecule has 2 amide bonds. The topological polar surface area (TPSA) is 85.3 Å². The molecule has 0 N–H and O–H groups in total. The maximum atomic E-state index is 13.1. The standard InChI is InChI=1S/C22H18F6N2O5/c1-3-34-19(32)30(20(33)35-4-2)29-17(13-5-9-15(10-6-13)21(23,24)25)18(31)14-7-11-16(12-8-14)22(26,27)28/h5-12H,3-4H2,1-2H3/b29-17-. The molecule has 2 rings (SSSR count). The summed E-state index contributed by atoms with van der Waals surface area (Å²) in [6.07, 6.45) is -12.1. The van der Waals surface area contributed by atoms with Gasteiger partial charge in [-0.25, -0.2) is 9.59 Å². The number of hydrogen-bond acceptors (Lipinski definition) is 6. The molecular formula is C22H18F6N2O5. The van der Waals surface area contributed by atoms with Crippen molar-refractivity contribution in [3.05, 3.63) is 70.8 Å². The van der Waals surface area contributed by atoms with E-state index in [1.807, 2.05) is 0 Å². The minimum Gasteiger partial charge on any atom is -0.448 e. The fraction of sp³-hybridized carbons (Fsp3) is 0.273. The predicted molar refractivity (Wildman–Crippen MR) is 110 cm³/mol. The number of halogens is 6. The zero-order valence-corrected chi connectivity index (χ0v) is 18.2. The molecule has 0 unspecified atom stereocenters. The first kappa shape index (κ1) is 27.3. The Bertz CT molecular complexity index is 1080. The Kier molecular flexibility index (Phi) is 8.61. The van der Waals surface area contributed by atoms with Crippen LogP contribution in [0.2, 0.25) is 0 Å². The van der Waals surface area contributed by atoms with Crippen molar-refractivity contribution in [3.63, 3.8) is 0 Å². The number of hydrazone groups is 1. The Labute approximate surface area is 194 Å². The lowest BCUT2D eigenvalue weighted by Gasteiger charge is -2.16. The Morgan fingerprint density at radius 1 is 0.714 bits per heavy atom. The molecule has 2 aromatic rings. The third-order valence-corrected chi connectivity index (χ3v) is 4.26. The highest BCUT2D eigenvalue weighted by atomic mass is 19.4. The summed E-state index contributed by atoms with van der Waals surface area (Å²) < 4.78 is 86.8. The molecule has 0 aliphatic heterocycles. The van der Waals surface area contributed by atoms with E-state index >= 15 is 0 Å². The number of Topliss-reactive ketones (excluding diaryl/α,β-unsaturated/α-hetero) is 1. The van der Waals surface area contributed by atoms with E-state index in [1.54, 1.807) is 0 Å². The van der Waals surface area contributed by atoms with Gasteiger partial charge < -0.3 is 9.47 Å². The molecule has 0 saturated heterocycles. The van der Waals surface area contributed by atoms with Gasteiger partial charge in [0, 0.05) is 11.1 Å². The van der Waals surface area contributed by atoms with Crippen LogP contribution >= 0.6 is 0 Å². The van der Waals surface area contributed by atoms with Gasteiger partial charge in [0.15, 0.2) is 0 Å². The molecule has 13 heteroatoms. The molecule has 0 aliphatic carbocycles. The van der Waals surface area contributed by atoms with Gasteiger partial charge >= 0.3 is 24.5 Å². The summed E-state index contributed by atoms with van der Waals surface area (Å²) in [6, 6.07) is 5.86. The summed E-state index contributed by atoms with van der Waals surface area (Å²) >= 11 is 0. The highest BCUT2D eigenvalue weighted by molar-refractivity contribution is 6.51. The summed E-state index contributed by atoms with van der Waals surface area (Å²) in [7, 11) is 0. The van der Waals surface area contributed by atoms with Gasteiger partial charge in [-0.15, -0.1) is 0 Å². The van der Waals surface area contributed by atoms with Gasteiger partial charge in [-0.05, 0) is 38.1 Å². The molecule has 0 atom stereocenters. The summed E-state index contributed by atoms with van der Waals surface area (Å²) in [5.74, 6) is -1.09. The number of alkyl halides is 6. The van der Waals surface area contributed by atoms with Gasteiger partial charge in [-0.2, -0.15) is 31.4 Å². The van der Waals surface area contributed by atoms with Crippen LogP contribution in [0.4, 0.5) is 35.9 Å². The molecule has 2 aromatic carbocycles. The van der Waals surface area contributed by atoms with Crippen LogP contribution in [0.5, 0.6) is 0 Å². The maximum Gasteiger partial charge on any atom is 0.440 e. The van der Waals surface area contributed by atoms with E-state index in [2.05, 4.69) is 5.10 Å². The summed E-state index contributed by atoms with van der Waals surface area (Å²) in [6.45, 7) is 2.42. The molecule has 0 fully saturated rings. The third kappa shape index (κ3) is 7.04. The first-order chi connectivity index (χ1) is 16.3. The lowest BCUT2D eigenvalue weighted by Crippen LogP contribution is -2.36. The van der Waals surface area contributed by atoms with E-state index in [1.165, 1.54) is 13.8 Å². The molecule has 7 nitrogen and oxygen atoms in total. The average molecular weight is 504 g/mol. The SMILES string of the molecule is CCOC(=O)N(/N=C(\C(=O)c1ccc(C(F)(F)F)cc1)c1ccc(C(F)(F)F)cc1)C(=O)OCC. The van der Waals surface area contributed by atoms with E-state index < -0.39 is 47.2 Å². The average Bonchev–Trinajstić information content (AvgIpc) is 2.78. The quantitative estimate of drug-likeness (QED) is 0.211. The molecule has 0 bridgehead atoms. The minimum atomic E-state index is -4.70. The second kappa shape index (κ2) is 11.0. The van der Waals surface area contributed by atoms with E-state index in [0.29, 0.717) is 24.3 Å². The molecule has 0 heterocycles. The zero-order chi connectivity index (χ0) is 26.4. The van der Waals surface area contributed by atoms with E-state index in [-0.39, 0.29) is 29.3 Å². The second-order valence-corrected chi connectivity index (χ2v) is 6.64. The Hall–Kier alpha value is -3.90. The van der Waals surface area contributed by atoms with Crippen molar-refractivity contribution in [2.75, 3.05) is 13.2 Å². The molecular weight excluding hydrogens is 486 g/mol. The van der Waals surface area contributed by atoms with Gasteiger partial charge in [0.1, 0.15) is 5.71 Å². The lowest BCUT2D eigenvalue weighted by molar-refractivity contribution is -0.138. The van der Waals surface area contributed by atoms with E-state index in [4.69, 9.17) is 9.47 Å². The van der Waals surface area contributed by atoms with Gasteiger partial charge in [-0.3, -0.25) is 4.79 Å². The van der Waals surface area contributed by atoms with Crippen molar-refractivity contribution in [1.29, 1.82) is 0 Å². The zero-order valence-electron chi connectivity index (χ0n) is 18.2. The Morgan fingerprint density at radius 2 is 1.09 bits per heavy atom. The lowest BCUT2D eigenvalue weighted by atomic mass is 9.98. The fourth-order valence-electron chi connectivity index (χ4n) is 2.62. The number of ether oxygens (including phenoxy) is 2. The van der Waals surface area contributed by atoms with Crippen molar-refractivity contribution in [2.24, 2.45) is 5.10 Å². The van der Waals surface area contributed by atoms with Crippen molar-refractivity contribution in [3.8, 4) is 0 Å². The number of amides is 2. The summed E-state index contributed by atoms with van der Waals surface area (Å²) in [4.78, 5) is 37.6. The van der Waals surface area contributed by atoms with Crippen LogP contribution in [0.1, 0.15) is 40.9 Å². The second-order valence-electron chi connectivity index (χ2n) is 6.64. The van der Waals surface area contributed by atoms with Crippen LogP contribution in [-0.2, 0) is 21.8 Å². The van der Waals surface area contributed by atoms with Gasteiger partial charge in [0.05, 0.1) is 24.3 Å². The number of rotatable bonds is 6. The smallest absolute Gasteiger partial charge is 0.440 e. The highest BCUT2D eigenvalue weighted by Crippen LogP contribution is 2.30. The monoisotopic (exact) mass is 504 g/mol. The first-order valence-electron chi connectivity index (χ1n) is 9.91. The Balaban J connectivity index is 2.63. The highest BCUT2D eigenvalue weighted by Gasteiger charge is 2.33. The summed E-state index contributed by atoms with van der Waals surface area (Å²) in [5, 5.41) is 3.73. The number of benzene rings is 2. The molecule has 0 aromatic heterocycles. The van der Waals surface area contributed by atoms with Crippen LogP contribution < -0.4 is 0 Å². The Morgan fingerprint density at radius 3 is 1.43 bits per heavy atom. The van der Waals surface area contributed by atoms with Crippen LogP contribution in [0.3, 0.4) is 0 Å². The van der Waals surface area contributed by atoms with Crippen molar-refractivity contribution in [1.82, 2.24) is 5.01 Å². The minimum absolute atomic E-state index is 0.0575. The molecule has 0 radical (unpaired) electrons. The van der Waals surface area contributed by atoms with Crippen molar-refractivity contribution >= 4 is 23.7 Å². The van der Waals surface area contributed by atoms with E-state index in [9.17, 15) is 40.7 Å². The number of ketones is 1. The number of imide groups is 1.